The number of sulfonamides is 1. The van der Waals surface area contributed by atoms with Gasteiger partial charge in [-0.15, -0.1) is 0 Å². The molecule has 1 N–H and O–H groups in total. The lowest BCUT2D eigenvalue weighted by molar-refractivity contribution is -0.147. The van der Waals surface area contributed by atoms with Gasteiger partial charge < -0.3 is 14.4 Å². The topological polar surface area (TPSA) is 119 Å². The standard InChI is InChI=1S/C23H26N2O7S/c1-14(24-33(29,30)20-8-6-19(31-4)7-9-20)23(28)32-15(2)22(27)18-5-10-21-17(13-18)11-12-25(21)16(3)26/h5-10,13-15,24H,11-12H2,1-4H3/t14-,15-/m0/s1. The van der Waals surface area contributed by atoms with Crippen LogP contribution in [0.2, 0.25) is 0 Å². The molecular formula is C23H26N2O7S. The fourth-order valence-corrected chi connectivity index (χ4v) is 4.74. The van der Waals surface area contributed by atoms with E-state index in [0.717, 1.165) is 11.3 Å². The number of ether oxygens (including phenoxy) is 2. The zero-order valence-electron chi connectivity index (χ0n) is 18.8. The van der Waals surface area contributed by atoms with Gasteiger partial charge in [0.15, 0.2) is 6.10 Å². The summed E-state index contributed by atoms with van der Waals surface area (Å²) in [6, 6.07) is 9.46. The van der Waals surface area contributed by atoms with E-state index in [1.807, 2.05) is 0 Å². The molecule has 0 spiro atoms. The Morgan fingerprint density at radius 3 is 2.33 bits per heavy atom. The Bertz CT molecular complexity index is 1180. The number of fused-ring (bicyclic) bond motifs is 1. The summed E-state index contributed by atoms with van der Waals surface area (Å²) in [5.74, 6) is -0.870. The molecule has 9 nitrogen and oxygen atoms in total. The molecular weight excluding hydrogens is 448 g/mol. The van der Waals surface area contributed by atoms with Crippen LogP contribution in [0.5, 0.6) is 5.75 Å². The van der Waals surface area contributed by atoms with Crippen LogP contribution in [0.15, 0.2) is 47.4 Å². The van der Waals surface area contributed by atoms with Gasteiger partial charge in [-0.1, -0.05) is 0 Å². The molecule has 0 fully saturated rings. The van der Waals surface area contributed by atoms with Gasteiger partial charge in [-0.3, -0.25) is 14.4 Å². The molecule has 0 aromatic heterocycles. The van der Waals surface area contributed by atoms with E-state index in [2.05, 4.69) is 4.72 Å². The van der Waals surface area contributed by atoms with Crippen molar-refractivity contribution in [1.82, 2.24) is 4.72 Å². The first-order valence-electron chi connectivity index (χ1n) is 10.4. The molecule has 2 aromatic rings. The Kier molecular flexibility index (Phi) is 7.19. The Labute approximate surface area is 192 Å². The first-order valence-corrected chi connectivity index (χ1v) is 11.8. The van der Waals surface area contributed by atoms with Gasteiger partial charge in [0.05, 0.1) is 12.0 Å². The lowest BCUT2D eigenvalue weighted by Gasteiger charge is -2.18. The van der Waals surface area contributed by atoms with Crippen LogP contribution >= 0.6 is 0 Å². The molecule has 0 unspecified atom stereocenters. The van der Waals surface area contributed by atoms with Crippen molar-refractivity contribution in [2.24, 2.45) is 0 Å². The maximum Gasteiger partial charge on any atom is 0.324 e. The van der Waals surface area contributed by atoms with Crippen LogP contribution in [-0.2, 0) is 30.8 Å². The molecule has 1 amide bonds. The van der Waals surface area contributed by atoms with Crippen LogP contribution in [0.4, 0.5) is 5.69 Å². The highest BCUT2D eigenvalue weighted by Crippen LogP contribution is 2.29. The lowest BCUT2D eigenvalue weighted by Crippen LogP contribution is -2.41. The van der Waals surface area contributed by atoms with Gasteiger partial charge in [0, 0.05) is 24.7 Å². The summed E-state index contributed by atoms with van der Waals surface area (Å²) in [5.41, 5.74) is 1.99. The average molecular weight is 475 g/mol. The summed E-state index contributed by atoms with van der Waals surface area (Å²) in [7, 11) is -2.52. The highest BCUT2D eigenvalue weighted by molar-refractivity contribution is 7.89. The second kappa shape index (κ2) is 9.72. The molecule has 0 saturated heterocycles. The Hall–Kier alpha value is -3.24. The van der Waals surface area contributed by atoms with E-state index in [-0.39, 0.29) is 10.8 Å². The Morgan fingerprint density at radius 1 is 1.06 bits per heavy atom. The molecule has 1 heterocycles. The van der Waals surface area contributed by atoms with Crippen molar-refractivity contribution in [3.63, 3.8) is 0 Å². The number of hydrogen-bond acceptors (Lipinski definition) is 7. The van der Waals surface area contributed by atoms with Crippen LogP contribution in [0.1, 0.15) is 36.7 Å². The number of hydrogen-bond donors (Lipinski definition) is 1. The Morgan fingerprint density at radius 2 is 1.73 bits per heavy atom. The van der Waals surface area contributed by atoms with Gasteiger partial charge in [0.2, 0.25) is 21.7 Å². The molecule has 3 rings (SSSR count). The fourth-order valence-electron chi connectivity index (χ4n) is 3.55. The molecule has 0 saturated carbocycles. The van der Waals surface area contributed by atoms with E-state index in [1.54, 1.807) is 23.1 Å². The van der Waals surface area contributed by atoms with Gasteiger partial charge in [0.1, 0.15) is 11.8 Å². The molecule has 2 aromatic carbocycles. The minimum atomic E-state index is -3.98. The third-order valence-electron chi connectivity index (χ3n) is 5.36. The van der Waals surface area contributed by atoms with Crippen molar-refractivity contribution in [3.05, 3.63) is 53.6 Å². The number of amides is 1. The largest absolute Gasteiger partial charge is 0.497 e. The lowest BCUT2D eigenvalue weighted by atomic mass is 10.0. The maximum absolute atomic E-state index is 12.8. The monoisotopic (exact) mass is 474 g/mol. The third-order valence-corrected chi connectivity index (χ3v) is 6.91. The van der Waals surface area contributed by atoms with Crippen LogP contribution in [-0.4, -0.2) is 51.9 Å². The second-order valence-electron chi connectivity index (χ2n) is 7.73. The fraction of sp³-hybridized carbons (Fsp3) is 0.348. The van der Waals surface area contributed by atoms with E-state index >= 15 is 0 Å². The van der Waals surface area contributed by atoms with Gasteiger partial charge in [-0.05, 0) is 68.3 Å². The number of anilines is 1. The van der Waals surface area contributed by atoms with Crippen molar-refractivity contribution < 1.29 is 32.3 Å². The van der Waals surface area contributed by atoms with Crippen LogP contribution in [0.25, 0.3) is 0 Å². The van der Waals surface area contributed by atoms with Crippen molar-refractivity contribution in [3.8, 4) is 5.75 Å². The molecule has 0 radical (unpaired) electrons. The molecule has 0 aliphatic carbocycles. The number of Topliss-reactive ketones (excluding diaryl/α,β-unsaturated/α-hetero) is 1. The predicted molar refractivity (Wildman–Crippen MR) is 121 cm³/mol. The van der Waals surface area contributed by atoms with Crippen LogP contribution < -0.4 is 14.4 Å². The minimum Gasteiger partial charge on any atom is -0.497 e. The smallest absolute Gasteiger partial charge is 0.324 e. The summed E-state index contributed by atoms with van der Waals surface area (Å²) < 4.78 is 37.5. The van der Waals surface area contributed by atoms with Gasteiger partial charge in [-0.2, -0.15) is 4.72 Å². The number of benzene rings is 2. The minimum absolute atomic E-state index is 0.0372. The SMILES string of the molecule is COc1ccc(S(=O)(=O)N[C@@H](C)C(=O)O[C@@H](C)C(=O)c2ccc3c(c2)CCN3C(C)=O)cc1. The van der Waals surface area contributed by atoms with Gasteiger partial charge in [-0.25, -0.2) is 8.42 Å². The zero-order valence-corrected chi connectivity index (χ0v) is 19.6. The van der Waals surface area contributed by atoms with Crippen molar-refractivity contribution in [1.29, 1.82) is 0 Å². The van der Waals surface area contributed by atoms with E-state index in [4.69, 9.17) is 9.47 Å². The molecule has 33 heavy (non-hydrogen) atoms. The number of nitrogens with one attached hydrogen (secondary N) is 1. The van der Waals surface area contributed by atoms with Crippen molar-refractivity contribution in [2.45, 2.75) is 44.2 Å². The summed E-state index contributed by atoms with van der Waals surface area (Å²) in [5, 5.41) is 0. The van der Waals surface area contributed by atoms with Gasteiger partial charge >= 0.3 is 5.97 Å². The maximum atomic E-state index is 12.8. The van der Waals surface area contributed by atoms with Crippen LogP contribution in [0, 0.1) is 0 Å². The summed E-state index contributed by atoms with van der Waals surface area (Å²) in [6.07, 6.45) is -0.484. The summed E-state index contributed by atoms with van der Waals surface area (Å²) >= 11 is 0. The number of carbonyl (C=O) groups is 3. The number of rotatable bonds is 8. The second-order valence-corrected chi connectivity index (χ2v) is 9.44. The highest BCUT2D eigenvalue weighted by Gasteiger charge is 2.28. The Balaban J connectivity index is 1.63. The van der Waals surface area contributed by atoms with Crippen LogP contribution in [0.3, 0.4) is 0 Å². The number of carbonyl (C=O) groups excluding carboxylic acids is 3. The molecule has 2 atom stereocenters. The average Bonchev–Trinajstić information content (AvgIpc) is 3.21. The quantitative estimate of drug-likeness (QED) is 0.460. The van der Waals surface area contributed by atoms with Crippen molar-refractivity contribution in [2.75, 3.05) is 18.6 Å². The first kappa shape index (κ1) is 24.4. The van der Waals surface area contributed by atoms with E-state index in [0.29, 0.717) is 24.3 Å². The molecule has 176 valence electrons. The number of esters is 1. The molecule has 0 bridgehead atoms. The normalized spacial score (nSPS) is 14.8. The molecule has 1 aliphatic rings. The predicted octanol–water partition coefficient (Wildman–Crippen LogP) is 2.09. The summed E-state index contributed by atoms with van der Waals surface area (Å²) in [4.78, 5) is 38.5. The third kappa shape index (κ3) is 5.40. The number of nitrogens with zero attached hydrogens (tertiary/aromatic N) is 1. The van der Waals surface area contributed by atoms with Crippen molar-refractivity contribution >= 4 is 33.4 Å². The number of ketones is 1. The van der Waals surface area contributed by atoms with E-state index in [9.17, 15) is 22.8 Å². The molecule has 1 aliphatic heterocycles. The van der Waals surface area contributed by atoms with E-state index < -0.39 is 33.9 Å². The zero-order chi connectivity index (χ0) is 24.3. The highest BCUT2D eigenvalue weighted by atomic mass is 32.2. The summed E-state index contributed by atoms with van der Waals surface area (Å²) in [6.45, 7) is 4.81. The van der Waals surface area contributed by atoms with E-state index in [1.165, 1.54) is 52.1 Å². The van der Waals surface area contributed by atoms with Gasteiger partial charge in [0.25, 0.3) is 0 Å². The number of methoxy groups -OCH3 is 1. The first-order chi connectivity index (χ1) is 15.5. The molecule has 10 heteroatoms.